The van der Waals surface area contributed by atoms with Crippen molar-refractivity contribution >= 4 is 11.9 Å². The summed E-state index contributed by atoms with van der Waals surface area (Å²) in [5.41, 5.74) is 2.82. The van der Waals surface area contributed by atoms with Gasteiger partial charge in [0, 0.05) is 11.8 Å². The van der Waals surface area contributed by atoms with E-state index in [2.05, 4.69) is 73.6 Å². The summed E-state index contributed by atoms with van der Waals surface area (Å²) in [4.78, 5) is 27.6. The SMILES string of the molecule is CCCCCCCCCCCC(=O)O[C@H]1CC[C@]2(C)[C@H]3CC=C4[C@@H]5CC(C)(C)CC[C@]5(C(=O)OCc5ccccc5)CC[C@@]4(C)[C@]3(C)CC[C@H]2C1(C)C. The van der Waals surface area contributed by atoms with Crippen molar-refractivity contribution in [2.24, 2.45) is 50.2 Å². The van der Waals surface area contributed by atoms with Gasteiger partial charge in [0.2, 0.25) is 0 Å². The van der Waals surface area contributed by atoms with Crippen LogP contribution in [0.5, 0.6) is 0 Å². The van der Waals surface area contributed by atoms with Gasteiger partial charge in [-0.3, -0.25) is 9.59 Å². The summed E-state index contributed by atoms with van der Waals surface area (Å²) in [5.74, 6) is 1.41. The van der Waals surface area contributed by atoms with Crippen molar-refractivity contribution in [2.75, 3.05) is 0 Å². The predicted molar refractivity (Wildman–Crippen MR) is 217 cm³/mol. The summed E-state index contributed by atoms with van der Waals surface area (Å²) < 4.78 is 12.6. The Labute approximate surface area is 324 Å². The molecule has 0 N–H and O–H groups in total. The molecule has 4 heteroatoms. The second-order valence-electron chi connectivity index (χ2n) is 20.9. The Morgan fingerprint density at radius 1 is 0.736 bits per heavy atom. The van der Waals surface area contributed by atoms with Crippen LogP contribution >= 0.6 is 0 Å². The zero-order chi connectivity index (χ0) is 38.1. The fraction of sp³-hybridized carbons (Fsp3) is 0.796. The maximum absolute atomic E-state index is 14.4. The first-order valence-corrected chi connectivity index (χ1v) is 22.2. The van der Waals surface area contributed by atoms with Crippen LogP contribution < -0.4 is 0 Å². The minimum Gasteiger partial charge on any atom is -0.462 e. The Morgan fingerprint density at radius 2 is 1.40 bits per heavy atom. The van der Waals surface area contributed by atoms with Crippen molar-refractivity contribution in [1.29, 1.82) is 0 Å². The molecule has 0 radical (unpaired) electrons. The van der Waals surface area contributed by atoms with Gasteiger partial charge in [0.25, 0.3) is 0 Å². The largest absolute Gasteiger partial charge is 0.462 e. The van der Waals surface area contributed by atoms with Crippen LogP contribution in [0, 0.1) is 50.2 Å². The van der Waals surface area contributed by atoms with Gasteiger partial charge in [0.1, 0.15) is 12.7 Å². The number of hydrogen-bond donors (Lipinski definition) is 0. The van der Waals surface area contributed by atoms with E-state index >= 15 is 0 Å². The first-order valence-electron chi connectivity index (χ1n) is 22.2. The third-order valence-electron chi connectivity index (χ3n) is 17.0. The lowest BCUT2D eigenvalue weighted by Crippen LogP contribution is -2.65. The molecule has 4 saturated carbocycles. The van der Waals surface area contributed by atoms with Crippen molar-refractivity contribution < 1.29 is 19.1 Å². The molecular weight excluding hydrogens is 653 g/mol. The number of unbranched alkanes of at least 4 members (excludes halogenated alkanes) is 8. The summed E-state index contributed by atoms with van der Waals surface area (Å²) in [6, 6.07) is 10.2. The number of allylic oxidation sites excluding steroid dienone is 2. The zero-order valence-electron chi connectivity index (χ0n) is 35.3. The van der Waals surface area contributed by atoms with Crippen LogP contribution in [0.4, 0.5) is 0 Å². The molecule has 4 nitrogen and oxygen atoms in total. The molecule has 4 fully saturated rings. The number of benzene rings is 1. The number of carbonyl (C=O) groups excluding carboxylic acids is 2. The number of rotatable bonds is 14. The Hall–Kier alpha value is -2.10. The smallest absolute Gasteiger partial charge is 0.313 e. The van der Waals surface area contributed by atoms with Crippen molar-refractivity contribution in [3.63, 3.8) is 0 Å². The van der Waals surface area contributed by atoms with Gasteiger partial charge in [-0.2, -0.15) is 0 Å². The van der Waals surface area contributed by atoms with E-state index in [0.29, 0.717) is 24.9 Å². The van der Waals surface area contributed by atoms with Gasteiger partial charge in [-0.05, 0) is 116 Å². The van der Waals surface area contributed by atoms with Crippen molar-refractivity contribution in [3.8, 4) is 0 Å². The minimum absolute atomic E-state index is 0.00272. The van der Waals surface area contributed by atoms with Gasteiger partial charge >= 0.3 is 11.9 Å². The molecule has 1 aromatic rings. The van der Waals surface area contributed by atoms with E-state index in [-0.39, 0.29) is 51.0 Å². The Balaban J connectivity index is 1.14. The highest BCUT2D eigenvalue weighted by atomic mass is 16.5. The predicted octanol–water partition coefficient (Wildman–Crippen LogP) is 13.4. The second-order valence-corrected chi connectivity index (χ2v) is 20.9. The summed E-state index contributed by atoms with van der Waals surface area (Å²) >= 11 is 0. The van der Waals surface area contributed by atoms with E-state index < -0.39 is 5.41 Å². The van der Waals surface area contributed by atoms with Crippen LogP contribution in [-0.2, 0) is 25.7 Å². The number of carbonyl (C=O) groups is 2. The first-order chi connectivity index (χ1) is 25.1. The molecule has 0 aliphatic heterocycles. The van der Waals surface area contributed by atoms with Crippen LogP contribution in [0.25, 0.3) is 0 Å². The zero-order valence-corrected chi connectivity index (χ0v) is 35.3. The molecule has 0 unspecified atom stereocenters. The molecule has 0 heterocycles. The maximum atomic E-state index is 14.4. The maximum Gasteiger partial charge on any atom is 0.313 e. The lowest BCUT2D eigenvalue weighted by molar-refractivity contribution is -0.214. The molecule has 8 atom stereocenters. The van der Waals surface area contributed by atoms with Gasteiger partial charge in [-0.15, -0.1) is 0 Å². The number of esters is 2. The van der Waals surface area contributed by atoms with E-state index in [4.69, 9.17) is 9.47 Å². The van der Waals surface area contributed by atoms with E-state index in [1.165, 1.54) is 57.8 Å². The summed E-state index contributed by atoms with van der Waals surface area (Å²) in [7, 11) is 0. The van der Waals surface area contributed by atoms with E-state index in [9.17, 15) is 9.59 Å². The van der Waals surface area contributed by atoms with E-state index in [1.54, 1.807) is 5.57 Å². The summed E-state index contributed by atoms with van der Waals surface area (Å²) in [6.45, 7) is 20.2. The van der Waals surface area contributed by atoms with Crippen LogP contribution in [0.1, 0.15) is 189 Å². The van der Waals surface area contributed by atoms with Crippen LogP contribution in [0.2, 0.25) is 0 Å². The van der Waals surface area contributed by atoms with Crippen LogP contribution in [0.3, 0.4) is 0 Å². The highest BCUT2D eigenvalue weighted by Crippen LogP contribution is 2.76. The molecule has 0 amide bonds. The number of ether oxygens (including phenoxy) is 2. The van der Waals surface area contributed by atoms with Crippen molar-refractivity contribution in [1.82, 2.24) is 0 Å². The fourth-order valence-corrected chi connectivity index (χ4v) is 13.5. The van der Waals surface area contributed by atoms with Crippen LogP contribution in [0.15, 0.2) is 42.0 Å². The monoisotopic (exact) mass is 729 g/mol. The fourth-order valence-electron chi connectivity index (χ4n) is 13.5. The van der Waals surface area contributed by atoms with Crippen molar-refractivity contribution in [2.45, 2.75) is 197 Å². The quantitative estimate of drug-likeness (QED) is 0.109. The second kappa shape index (κ2) is 15.8. The van der Waals surface area contributed by atoms with E-state index in [1.807, 2.05) is 18.2 Å². The lowest BCUT2D eigenvalue weighted by Gasteiger charge is -2.71. The summed E-state index contributed by atoms with van der Waals surface area (Å²) in [5, 5.41) is 0. The first kappa shape index (κ1) is 40.6. The van der Waals surface area contributed by atoms with Gasteiger partial charge < -0.3 is 9.47 Å². The molecule has 0 saturated heterocycles. The third kappa shape index (κ3) is 7.58. The molecule has 5 aliphatic rings. The number of hydrogen-bond acceptors (Lipinski definition) is 4. The van der Waals surface area contributed by atoms with Crippen LogP contribution in [-0.4, -0.2) is 18.0 Å². The molecule has 0 bridgehead atoms. The Morgan fingerprint density at radius 3 is 2.09 bits per heavy atom. The molecule has 0 aromatic heterocycles. The highest BCUT2D eigenvalue weighted by Gasteiger charge is 2.69. The topological polar surface area (TPSA) is 52.6 Å². The molecule has 296 valence electrons. The highest BCUT2D eigenvalue weighted by molar-refractivity contribution is 5.79. The lowest BCUT2D eigenvalue weighted by atomic mass is 9.33. The minimum atomic E-state index is -0.419. The molecular formula is C49H76O4. The normalized spacial score (nSPS) is 36.9. The molecule has 53 heavy (non-hydrogen) atoms. The molecule has 6 rings (SSSR count). The summed E-state index contributed by atoms with van der Waals surface area (Å²) in [6.07, 6.45) is 25.2. The average Bonchev–Trinajstić information content (AvgIpc) is 3.11. The van der Waals surface area contributed by atoms with Gasteiger partial charge in [0.15, 0.2) is 0 Å². The Bertz CT molecular complexity index is 1460. The Kier molecular flexibility index (Phi) is 12.1. The van der Waals surface area contributed by atoms with Gasteiger partial charge in [0.05, 0.1) is 5.41 Å². The number of fused-ring (bicyclic) bond motifs is 7. The standard InChI is InChI=1S/C49H76O4/c1-9-10-11-12-13-14-15-16-20-23-42(50)53-41-27-28-46(6)39(45(41,4)5)26-29-48(8)40(46)25-24-37-38-34-44(2,3)30-32-49(38,33-31-47(37,48)7)43(51)52-35-36-21-18-17-19-22-36/h17-19,21-22,24,38-41H,9-16,20,23,25-35H2,1-8H3/t38-,39-,40+,41-,46-,47+,48+,49-/m0/s1. The van der Waals surface area contributed by atoms with Crippen molar-refractivity contribution in [3.05, 3.63) is 47.5 Å². The molecule has 1 aromatic carbocycles. The van der Waals surface area contributed by atoms with E-state index in [0.717, 1.165) is 69.8 Å². The van der Waals surface area contributed by atoms with Gasteiger partial charge in [-0.25, -0.2) is 0 Å². The molecule has 0 spiro atoms. The molecule has 5 aliphatic carbocycles. The third-order valence-corrected chi connectivity index (χ3v) is 17.0. The van der Waals surface area contributed by atoms with Gasteiger partial charge in [-0.1, -0.05) is 149 Å². The average molecular weight is 729 g/mol.